The summed E-state index contributed by atoms with van der Waals surface area (Å²) in [6.07, 6.45) is 5.22. The lowest BCUT2D eigenvalue weighted by atomic mass is 10.1. The first-order valence-electron chi connectivity index (χ1n) is 9.06. The van der Waals surface area contributed by atoms with Crippen LogP contribution >= 0.6 is 0 Å². The smallest absolute Gasteiger partial charge is 0.255 e. The summed E-state index contributed by atoms with van der Waals surface area (Å²) in [6, 6.07) is 14.3. The number of amides is 1. The van der Waals surface area contributed by atoms with E-state index in [1.807, 2.05) is 24.3 Å². The summed E-state index contributed by atoms with van der Waals surface area (Å²) in [7, 11) is 0. The highest BCUT2D eigenvalue weighted by atomic mass is 16.1. The van der Waals surface area contributed by atoms with Gasteiger partial charge in [-0.1, -0.05) is 0 Å². The number of benzene rings is 2. The van der Waals surface area contributed by atoms with Crippen molar-refractivity contribution in [1.29, 1.82) is 5.26 Å². The molecule has 1 aliphatic heterocycles. The normalized spacial score (nSPS) is 14.0. The van der Waals surface area contributed by atoms with E-state index in [4.69, 9.17) is 5.26 Å². The predicted molar refractivity (Wildman–Crippen MR) is 105 cm³/mol. The topological polar surface area (TPSA) is 81.9 Å². The van der Waals surface area contributed by atoms with Gasteiger partial charge in [0, 0.05) is 29.7 Å². The van der Waals surface area contributed by atoms with Gasteiger partial charge in [0.2, 0.25) is 0 Å². The highest BCUT2D eigenvalue weighted by molar-refractivity contribution is 6.05. The van der Waals surface area contributed by atoms with Crippen molar-refractivity contribution in [1.82, 2.24) is 9.97 Å². The number of nitrogens with one attached hydrogen (secondary N) is 1. The van der Waals surface area contributed by atoms with Crippen LogP contribution in [0.2, 0.25) is 0 Å². The summed E-state index contributed by atoms with van der Waals surface area (Å²) in [5.74, 6) is 0.744. The Bertz CT molecular complexity index is 1020. The van der Waals surface area contributed by atoms with Gasteiger partial charge in [0.05, 0.1) is 17.1 Å². The van der Waals surface area contributed by atoms with E-state index in [-0.39, 0.29) is 5.91 Å². The molecule has 2 aromatic carbocycles. The number of fused-ring (bicyclic) bond motifs is 1. The molecular formula is C21H19N5O. The number of aromatic nitrogens is 2. The zero-order chi connectivity index (χ0) is 18.6. The van der Waals surface area contributed by atoms with Crippen molar-refractivity contribution in [3.05, 3.63) is 59.9 Å². The summed E-state index contributed by atoms with van der Waals surface area (Å²) >= 11 is 0. The predicted octanol–water partition coefficient (Wildman–Crippen LogP) is 3.74. The van der Waals surface area contributed by atoms with Crippen molar-refractivity contribution >= 4 is 28.3 Å². The third-order valence-corrected chi connectivity index (χ3v) is 4.81. The summed E-state index contributed by atoms with van der Waals surface area (Å²) in [5, 5.41) is 12.7. The molecule has 6 nitrogen and oxygen atoms in total. The minimum Gasteiger partial charge on any atom is -0.356 e. The average Bonchev–Trinajstić information content (AvgIpc) is 2.74. The van der Waals surface area contributed by atoms with Crippen LogP contribution in [0.1, 0.15) is 35.2 Å². The van der Waals surface area contributed by atoms with E-state index < -0.39 is 0 Å². The van der Waals surface area contributed by atoms with Gasteiger partial charge in [0.15, 0.2) is 0 Å². The van der Waals surface area contributed by atoms with E-state index in [0.29, 0.717) is 16.8 Å². The number of nitrogens with zero attached hydrogens (tertiary/aromatic N) is 4. The van der Waals surface area contributed by atoms with Crippen molar-refractivity contribution in [3.63, 3.8) is 0 Å². The Morgan fingerprint density at radius 3 is 2.56 bits per heavy atom. The number of nitriles is 1. The van der Waals surface area contributed by atoms with Gasteiger partial charge in [-0.2, -0.15) is 5.26 Å². The van der Waals surface area contributed by atoms with Crippen molar-refractivity contribution in [2.75, 3.05) is 23.3 Å². The number of hydrogen-bond acceptors (Lipinski definition) is 5. The molecule has 4 rings (SSSR count). The Hall–Kier alpha value is -3.46. The Kier molecular flexibility index (Phi) is 4.67. The number of rotatable bonds is 3. The van der Waals surface area contributed by atoms with Crippen LogP contribution in [-0.4, -0.2) is 29.0 Å². The molecule has 3 aromatic rings. The molecule has 134 valence electrons. The molecule has 1 N–H and O–H groups in total. The fourth-order valence-electron chi connectivity index (χ4n) is 3.38. The number of piperidine rings is 1. The van der Waals surface area contributed by atoms with Crippen LogP contribution < -0.4 is 10.2 Å². The molecule has 0 aliphatic carbocycles. The first-order chi connectivity index (χ1) is 13.2. The van der Waals surface area contributed by atoms with Gasteiger partial charge in [0.25, 0.3) is 5.91 Å². The monoisotopic (exact) mass is 357 g/mol. The van der Waals surface area contributed by atoms with Gasteiger partial charge in [-0.3, -0.25) is 4.79 Å². The number of hydrogen-bond donors (Lipinski definition) is 1. The molecular weight excluding hydrogens is 338 g/mol. The van der Waals surface area contributed by atoms with Gasteiger partial charge in [0.1, 0.15) is 12.1 Å². The molecule has 2 heterocycles. The van der Waals surface area contributed by atoms with Crippen LogP contribution in [0.25, 0.3) is 10.9 Å². The molecule has 27 heavy (non-hydrogen) atoms. The highest BCUT2D eigenvalue weighted by Gasteiger charge is 2.16. The fraction of sp³-hybridized carbons (Fsp3) is 0.238. The number of anilines is 2. The Morgan fingerprint density at radius 2 is 1.81 bits per heavy atom. The summed E-state index contributed by atoms with van der Waals surface area (Å²) in [6.45, 7) is 2.03. The van der Waals surface area contributed by atoms with Crippen LogP contribution in [0.3, 0.4) is 0 Å². The average molecular weight is 357 g/mol. The molecule has 0 atom stereocenters. The minimum absolute atomic E-state index is 0.218. The Labute approximate surface area is 157 Å². The van der Waals surface area contributed by atoms with Crippen molar-refractivity contribution in [2.45, 2.75) is 19.3 Å². The van der Waals surface area contributed by atoms with Gasteiger partial charge in [-0.05, 0) is 61.7 Å². The standard InChI is InChI=1S/C21H19N5O/c22-13-15-4-6-16(7-5-15)21(27)25-17-8-9-18-19(12-17)23-14-24-20(18)26-10-2-1-3-11-26/h4-9,12,14H,1-3,10-11H2,(H,25,27). The molecule has 1 saturated heterocycles. The zero-order valence-electron chi connectivity index (χ0n) is 14.9. The van der Waals surface area contributed by atoms with E-state index in [0.717, 1.165) is 29.8 Å². The van der Waals surface area contributed by atoms with Crippen LogP contribution in [0.4, 0.5) is 11.5 Å². The Morgan fingerprint density at radius 1 is 1.04 bits per heavy atom. The van der Waals surface area contributed by atoms with E-state index in [9.17, 15) is 4.79 Å². The van der Waals surface area contributed by atoms with Gasteiger partial charge in [-0.15, -0.1) is 0 Å². The largest absolute Gasteiger partial charge is 0.356 e. The molecule has 0 saturated carbocycles. The second-order valence-electron chi connectivity index (χ2n) is 6.62. The van der Waals surface area contributed by atoms with E-state index >= 15 is 0 Å². The maximum Gasteiger partial charge on any atom is 0.255 e. The number of carbonyl (C=O) groups is 1. The molecule has 1 aliphatic rings. The van der Waals surface area contributed by atoms with Crippen LogP contribution in [0.15, 0.2) is 48.8 Å². The second-order valence-corrected chi connectivity index (χ2v) is 6.62. The summed E-state index contributed by atoms with van der Waals surface area (Å²) < 4.78 is 0. The number of carbonyl (C=O) groups excluding carboxylic acids is 1. The summed E-state index contributed by atoms with van der Waals surface area (Å²) in [5.41, 5.74) is 2.52. The van der Waals surface area contributed by atoms with Crippen molar-refractivity contribution in [3.8, 4) is 6.07 Å². The molecule has 0 unspecified atom stereocenters. The van der Waals surface area contributed by atoms with Gasteiger partial charge >= 0.3 is 0 Å². The zero-order valence-corrected chi connectivity index (χ0v) is 14.9. The molecule has 1 aromatic heterocycles. The van der Waals surface area contributed by atoms with E-state index in [1.165, 1.54) is 19.3 Å². The third-order valence-electron chi connectivity index (χ3n) is 4.81. The molecule has 6 heteroatoms. The van der Waals surface area contributed by atoms with E-state index in [1.54, 1.807) is 30.6 Å². The van der Waals surface area contributed by atoms with Crippen molar-refractivity contribution < 1.29 is 4.79 Å². The lowest BCUT2D eigenvalue weighted by Gasteiger charge is -2.28. The third kappa shape index (κ3) is 3.58. The fourth-order valence-corrected chi connectivity index (χ4v) is 3.38. The highest BCUT2D eigenvalue weighted by Crippen LogP contribution is 2.27. The maximum atomic E-state index is 12.4. The molecule has 0 bridgehead atoms. The Balaban J connectivity index is 1.58. The van der Waals surface area contributed by atoms with Crippen LogP contribution in [-0.2, 0) is 0 Å². The quantitative estimate of drug-likeness (QED) is 0.772. The molecule has 0 radical (unpaired) electrons. The van der Waals surface area contributed by atoms with Gasteiger partial charge < -0.3 is 10.2 Å². The maximum absolute atomic E-state index is 12.4. The summed E-state index contributed by atoms with van der Waals surface area (Å²) in [4.78, 5) is 23.6. The molecule has 0 spiro atoms. The second kappa shape index (κ2) is 7.42. The van der Waals surface area contributed by atoms with Gasteiger partial charge in [-0.25, -0.2) is 9.97 Å². The SMILES string of the molecule is N#Cc1ccc(C(=O)Nc2ccc3c(N4CCCCC4)ncnc3c2)cc1. The lowest BCUT2D eigenvalue weighted by molar-refractivity contribution is 0.102. The minimum atomic E-state index is -0.218. The molecule has 1 amide bonds. The van der Waals surface area contributed by atoms with Crippen LogP contribution in [0, 0.1) is 11.3 Å². The van der Waals surface area contributed by atoms with Crippen molar-refractivity contribution in [2.24, 2.45) is 0 Å². The first kappa shape index (κ1) is 17.0. The first-order valence-corrected chi connectivity index (χ1v) is 9.06. The molecule has 1 fully saturated rings. The van der Waals surface area contributed by atoms with E-state index in [2.05, 4.69) is 20.2 Å². The lowest BCUT2D eigenvalue weighted by Crippen LogP contribution is -2.30. The van der Waals surface area contributed by atoms with Crippen LogP contribution in [0.5, 0.6) is 0 Å².